The van der Waals surface area contributed by atoms with Crippen molar-refractivity contribution in [3.63, 3.8) is 0 Å². The molecule has 1 amide bonds. The first-order valence-corrected chi connectivity index (χ1v) is 12.8. The summed E-state index contributed by atoms with van der Waals surface area (Å²) in [6.45, 7) is 6.01. The van der Waals surface area contributed by atoms with Gasteiger partial charge < -0.3 is 19.6 Å². The maximum absolute atomic E-state index is 13.5. The van der Waals surface area contributed by atoms with Gasteiger partial charge in [0, 0.05) is 74.5 Å². The molecule has 3 aromatic carbocycles. The number of benzene rings is 3. The van der Waals surface area contributed by atoms with Crippen LogP contribution in [0.5, 0.6) is 0 Å². The fourth-order valence-corrected chi connectivity index (χ4v) is 5.27. The second kappa shape index (κ2) is 10.0. The summed E-state index contributed by atoms with van der Waals surface area (Å²) in [5, 5.41) is 10.8. The van der Waals surface area contributed by atoms with Crippen molar-refractivity contribution in [2.45, 2.75) is 0 Å². The molecule has 2 saturated heterocycles. The minimum Gasteiger partial charge on any atom is -0.368 e. The Hall–Kier alpha value is -4.20. The second-order valence-electron chi connectivity index (χ2n) is 9.48. The van der Waals surface area contributed by atoms with Gasteiger partial charge in [-0.15, -0.1) is 10.2 Å². The SMILES string of the molecule is O=C(c1nnc(N2CCN(c3ccc(F)cc3)CC2)c2ccccc12)N1CCN(c2ccccc2)CC1. The van der Waals surface area contributed by atoms with Crippen molar-refractivity contribution in [2.24, 2.45) is 0 Å². The van der Waals surface area contributed by atoms with Crippen LogP contribution >= 0.6 is 0 Å². The van der Waals surface area contributed by atoms with E-state index in [-0.39, 0.29) is 11.7 Å². The Bertz CT molecular complexity index is 1380. The molecule has 0 radical (unpaired) electrons. The van der Waals surface area contributed by atoms with Gasteiger partial charge in [0.15, 0.2) is 11.5 Å². The monoisotopic (exact) mass is 496 g/mol. The Labute approximate surface area is 215 Å². The average molecular weight is 497 g/mol. The lowest BCUT2D eigenvalue weighted by atomic mass is 10.1. The summed E-state index contributed by atoms with van der Waals surface area (Å²) in [5.41, 5.74) is 2.62. The minimum absolute atomic E-state index is 0.0657. The number of amides is 1. The molecule has 8 heteroatoms. The largest absolute Gasteiger partial charge is 0.368 e. The zero-order valence-electron chi connectivity index (χ0n) is 20.6. The molecule has 1 aromatic heterocycles. The van der Waals surface area contributed by atoms with E-state index < -0.39 is 0 Å². The van der Waals surface area contributed by atoms with E-state index in [1.165, 1.54) is 17.8 Å². The van der Waals surface area contributed by atoms with Gasteiger partial charge >= 0.3 is 0 Å². The molecule has 4 aromatic rings. The number of anilines is 3. The average Bonchev–Trinajstić information content (AvgIpc) is 2.97. The van der Waals surface area contributed by atoms with Crippen molar-refractivity contribution in [2.75, 3.05) is 67.1 Å². The summed E-state index contributed by atoms with van der Waals surface area (Å²) in [6, 6.07) is 24.9. The van der Waals surface area contributed by atoms with E-state index in [4.69, 9.17) is 0 Å². The van der Waals surface area contributed by atoms with E-state index in [2.05, 4.69) is 37.0 Å². The molecular weight excluding hydrogens is 467 g/mol. The highest BCUT2D eigenvalue weighted by Crippen LogP contribution is 2.28. The Kier molecular flexibility index (Phi) is 6.30. The molecule has 0 atom stereocenters. The van der Waals surface area contributed by atoms with E-state index in [0.717, 1.165) is 61.5 Å². The highest BCUT2D eigenvalue weighted by atomic mass is 19.1. The molecule has 2 aliphatic rings. The number of fused-ring (bicyclic) bond motifs is 1. The smallest absolute Gasteiger partial charge is 0.275 e. The van der Waals surface area contributed by atoms with Crippen LogP contribution in [0.1, 0.15) is 10.5 Å². The minimum atomic E-state index is -0.225. The topological polar surface area (TPSA) is 55.8 Å². The maximum Gasteiger partial charge on any atom is 0.275 e. The quantitative estimate of drug-likeness (QED) is 0.425. The van der Waals surface area contributed by atoms with Crippen LogP contribution in [0.25, 0.3) is 10.8 Å². The molecule has 6 rings (SSSR count). The van der Waals surface area contributed by atoms with Crippen LogP contribution < -0.4 is 14.7 Å². The summed E-state index contributed by atoms with van der Waals surface area (Å²) in [4.78, 5) is 22.2. The molecular formula is C29H29FN6O. The second-order valence-corrected chi connectivity index (χ2v) is 9.48. The number of hydrogen-bond donors (Lipinski definition) is 0. The summed E-state index contributed by atoms with van der Waals surface area (Å²) in [7, 11) is 0. The van der Waals surface area contributed by atoms with Gasteiger partial charge in [0.2, 0.25) is 0 Å². The van der Waals surface area contributed by atoms with Gasteiger partial charge in [-0.1, -0.05) is 42.5 Å². The fourth-order valence-electron chi connectivity index (χ4n) is 5.27. The van der Waals surface area contributed by atoms with Crippen molar-refractivity contribution in [3.8, 4) is 0 Å². The van der Waals surface area contributed by atoms with E-state index in [0.29, 0.717) is 18.8 Å². The summed E-state index contributed by atoms with van der Waals surface area (Å²) < 4.78 is 13.3. The molecule has 0 bridgehead atoms. The fraction of sp³-hybridized carbons (Fsp3) is 0.276. The van der Waals surface area contributed by atoms with Crippen LogP contribution in [0.2, 0.25) is 0 Å². The number of aromatic nitrogens is 2. The van der Waals surface area contributed by atoms with Gasteiger partial charge in [0.25, 0.3) is 5.91 Å². The van der Waals surface area contributed by atoms with Gasteiger partial charge in [0.1, 0.15) is 5.82 Å². The third-order valence-electron chi connectivity index (χ3n) is 7.33. The van der Waals surface area contributed by atoms with Crippen LogP contribution in [0.15, 0.2) is 78.9 Å². The normalized spacial score (nSPS) is 16.4. The zero-order chi connectivity index (χ0) is 25.2. The number of para-hydroxylation sites is 1. The maximum atomic E-state index is 13.5. The first-order chi connectivity index (χ1) is 18.2. The number of nitrogens with zero attached hydrogens (tertiary/aromatic N) is 6. The molecule has 0 unspecified atom stereocenters. The molecule has 188 valence electrons. The van der Waals surface area contributed by atoms with Gasteiger partial charge in [0.05, 0.1) is 0 Å². The third kappa shape index (κ3) is 4.67. The van der Waals surface area contributed by atoms with Crippen molar-refractivity contribution < 1.29 is 9.18 Å². The zero-order valence-corrected chi connectivity index (χ0v) is 20.6. The van der Waals surface area contributed by atoms with Crippen LogP contribution in [-0.4, -0.2) is 73.4 Å². The number of rotatable bonds is 4. The highest BCUT2D eigenvalue weighted by molar-refractivity contribution is 6.07. The number of halogens is 1. The van der Waals surface area contributed by atoms with Gasteiger partial charge in [-0.05, 0) is 36.4 Å². The van der Waals surface area contributed by atoms with Crippen LogP contribution in [0, 0.1) is 5.82 Å². The molecule has 0 N–H and O–H groups in total. The Balaban J connectivity index is 1.18. The lowest BCUT2D eigenvalue weighted by molar-refractivity contribution is 0.0742. The van der Waals surface area contributed by atoms with Gasteiger partial charge in [-0.25, -0.2) is 4.39 Å². The lowest BCUT2D eigenvalue weighted by Gasteiger charge is -2.37. The molecule has 7 nitrogen and oxygen atoms in total. The number of hydrogen-bond acceptors (Lipinski definition) is 6. The number of carbonyl (C=O) groups is 1. The van der Waals surface area contributed by atoms with Crippen molar-refractivity contribution in [1.82, 2.24) is 15.1 Å². The summed E-state index contributed by atoms with van der Waals surface area (Å²) >= 11 is 0. The lowest BCUT2D eigenvalue weighted by Crippen LogP contribution is -2.49. The van der Waals surface area contributed by atoms with E-state index in [9.17, 15) is 9.18 Å². The molecule has 3 heterocycles. The Morgan fingerprint density at radius 3 is 1.81 bits per heavy atom. The number of piperazine rings is 2. The summed E-state index contributed by atoms with van der Waals surface area (Å²) in [5.74, 6) is 0.515. The standard InChI is InChI=1S/C29H29FN6O/c30-22-10-12-24(13-11-22)34-14-18-35(19-15-34)28-26-9-5-4-8-25(26)27(31-32-28)29(37)36-20-16-33(17-21-36)23-6-2-1-3-7-23/h1-13H,14-21H2. The Morgan fingerprint density at radius 1 is 0.595 bits per heavy atom. The Morgan fingerprint density at radius 2 is 1.14 bits per heavy atom. The van der Waals surface area contributed by atoms with Crippen LogP contribution in [0.3, 0.4) is 0 Å². The molecule has 2 aliphatic heterocycles. The van der Waals surface area contributed by atoms with E-state index in [1.807, 2.05) is 59.5 Å². The van der Waals surface area contributed by atoms with E-state index in [1.54, 1.807) is 0 Å². The predicted octanol–water partition coefficient (Wildman–Crippen LogP) is 4.06. The van der Waals surface area contributed by atoms with E-state index >= 15 is 0 Å². The first-order valence-electron chi connectivity index (χ1n) is 12.8. The molecule has 0 aliphatic carbocycles. The van der Waals surface area contributed by atoms with Gasteiger partial charge in [-0.3, -0.25) is 4.79 Å². The molecule has 37 heavy (non-hydrogen) atoms. The molecule has 0 spiro atoms. The highest BCUT2D eigenvalue weighted by Gasteiger charge is 2.27. The van der Waals surface area contributed by atoms with Crippen LogP contribution in [-0.2, 0) is 0 Å². The van der Waals surface area contributed by atoms with Gasteiger partial charge in [-0.2, -0.15) is 0 Å². The predicted molar refractivity (Wildman–Crippen MR) is 145 cm³/mol. The first kappa shape index (κ1) is 23.2. The van der Waals surface area contributed by atoms with Crippen LogP contribution in [0.4, 0.5) is 21.6 Å². The number of carbonyl (C=O) groups excluding carboxylic acids is 1. The molecule has 2 fully saturated rings. The van der Waals surface area contributed by atoms with Crippen molar-refractivity contribution in [1.29, 1.82) is 0 Å². The van der Waals surface area contributed by atoms with Crippen molar-refractivity contribution >= 4 is 33.9 Å². The third-order valence-corrected chi connectivity index (χ3v) is 7.33. The van der Waals surface area contributed by atoms with Crippen molar-refractivity contribution in [3.05, 3.63) is 90.4 Å². The molecule has 0 saturated carbocycles. The summed E-state index contributed by atoms with van der Waals surface area (Å²) in [6.07, 6.45) is 0.